The zero-order valence-corrected chi connectivity index (χ0v) is 13.6. The molecule has 0 saturated carbocycles. The number of hydrogen-bond acceptors (Lipinski definition) is 4. The monoisotopic (exact) mass is 316 g/mol. The summed E-state index contributed by atoms with van der Waals surface area (Å²) >= 11 is 6.21. The fourth-order valence-electron chi connectivity index (χ4n) is 2.78. The summed E-state index contributed by atoms with van der Waals surface area (Å²) < 4.78 is 0. The lowest BCUT2D eigenvalue weighted by molar-refractivity contribution is 0.726. The van der Waals surface area contributed by atoms with E-state index in [-0.39, 0.29) is 0 Å². The van der Waals surface area contributed by atoms with Crippen LogP contribution < -0.4 is 10.2 Å². The fourth-order valence-corrected chi connectivity index (χ4v) is 2.96. The number of rotatable bonds is 3. The third-order valence-corrected chi connectivity index (χ3v) is 4.22. The van der Waals surface area contributed by atoms with Crippen molar-refractivity contribution in [3.8, 4) is 0 Å². The lowest BCUT2D eigenvalue weighted by Crippen LogP contribution is -2.25. The molecule has 0 atom stereocenters. The second-order valence-electron chi connectivity index (χ2n) is 5.66. The summed E-state index contributed by atoms with van der Waals surface area (Å²) in [6.45, 7) is 4.07. The molecule has 0 radical (unpaired) electrons. The quantitative estimate of drug-likeness (QED) is 0.901. The third-order valence-electron chi connectivity index (χ3n) is 3.89. The Kier molecular flexibility index (Phi) is 4.78. The number of aromatic nitrogens is 2. The van der Waals surface area contributed by atoms with Crippen molar-refractivity contribution in [1.29, 1.82) is 0 Å². The van der Waals surface area contributed by atoms with E-state index in [9.17, 15) is 0 Å². The maximum Gasteiger partial charge on any atom is 0.136 e. The Bertz CT molecular complexity index is 636. The van der Waals surface area contributed by atoms with E-state index in [1.807, 2.05) is 37.3 Å². The number of nitrogens with one attached hydrogen (secondary N) is 1. The van der Waals surface area contributed by atoms with Crippen LogP contribution in [0.3, 0.4) is 0 Å². The van der Waals surface area contributed by atoms with Crippen molar-refractivity contribution in [2.24, 2.45) is 0 Å². The van der Waals surface area contributed by atoms with E-state index in [2.05, 4.69) is 20.2 Å². The van der Waals surface area contributed by atoms with E-state index in [1.165, 1.54) is 25.7 Å². The van der Waals surface area contributed by atoms with Crippen molar-refractivity contribution in [2.75, 3.05) is 23.3 Å². The molecule has 2 heterocycles. The Balaban J connectivity index is 1.84. The summed E-state index contributed by atoms with van der Waals surface area (Å²) in [6, 6.07) is 9.71. The van der Waals surface area contributed by atoms with E-state index in [0.29, 0.717) is 5.02 Å². The van der Waals surface area contributed by atoms with Crippen LogP contribution in [0.4, 0.5) is 17.3 Å². The van der Waals surface area contributed by atoms with Gasteiger partial charge in [-0.2, -0.15) is 0 Å². The van der Waals surface area contributed by atoms with Gasteiger partial charge < -0.3 is 10.2 Å². The molecule has 1 aromatic carbocycles. The molecule has 0 spiro atoms. The van der Waals surface area contributed by atoms with E-state index < -0.39 is 0 Å². The summed E-state index contributed by atoms with van der Waals surface area (Å²) in [5, 5.41) is 3.99. The first kappa shape index (κ1) is 15.1. The Morgan fingerprint density at radius 1 is 1.05 bits per heavy atom. The van der Waals surface area contributed by atoms with E-state index in [1.54, 1.807) is 0 Å². The average Bonchev–Trinajstić information content (AvgIpc) is 2.78. The molecule has 4 nitrogen and oxygen atoms in total. The minimum absolute atomic E-state index is 0.690. The van der Waals surface area contributed by atoms with Gasteiger partial charge in [0, 0.05) is 19.2 Å². The van der Waals surface area contributed by atoms with Gasteiger partial charge in [0.1, 0.15) is 17.5 Å². The summed E-state index contributed by atoms with van der Waals surface area (Å²) in [4.78, 5) is 11.4. The molecule has 0 aliphatic carbocycles. The highest BCUT2D eigenvalue weighted by Crippen LogP contribution is 2.26. The minimum Gasteiger partial charge on any atom is -0.356 e. The van der Waals surface area contributed by atoms with Gasteiger partial charge in [0.15, 0.2) is 0 Å². The van der Waals surface area contributed by atoms with Gasteiger partial charge in [-0.05, 0) is 31.9 Å². The first-order valence-corrected chi connectivity index (χ1v) is 8.22. The standard InChI is InChI=1S/C17H21ClN4/c1-13-19-16(21-15-9-5-4-8-14(15)18)12-17(20-13)22-10-6-2-3-7-11-22/h4-5,8-9,12H,2-3,6-7,10-11H2,1H3,(H,19,20,21). The predicted molar refractivity (Wildman–Crippen MR) is 92.2 cm³/mol. The lowest BCUT2D eigenvalue weighted by atomic mass is 10.2. The number of hydrogen-bond donors (Lipinski definition) is 1. The highest BCUT2D eigenvalue weighted by molar-refractivity contribution is 6.33. The van der Waals surface area contributed by atoms with Crippen molar-refractivity contribution < 1.29 is 0 Å². The summed E-state index contributed by atoms with van der Waals surface area (Å²) in [7, 11) is 0. The first-order chi connectivity index (χ1) is 10.7. The molecule has 5 heteroatoms. The van der Waals surface area contributed by atoms with Gasteiger partial charge in [0.25, 0.3) is 0 Å². The molecule has 1 saturated heterocycles. The molecule has 3 rings (SSSR count). The summed E-state index contributed by atoms with van der Waals surface area (Å²) in [6.07, 6.45) is 5.09. The molecular formula is C17H21ClN4. The van der Waals surface area contributed by atoms with Crippen LogP contribution in [0.25, 0.3) is 0 Å². The SMILES string of the molecule is Cc1nc(Nc2ccccc2Cl)cc(N2CCCCCC2)n1. The molecule has 1 aliphatic heterocycles. The van der Waals surface area contributed by atoms with Gasteiger partial charge in [0.05, 0.1) is 10.7 Å². The van der Waals surface area contributed by atoms with E-state index in [4.69, 9.17) is 11.6 Å². The molecular weight excluding hydrogens is 296 g/mol. The molecule has 0 bridgehead atoms. The average molecular weight is 317 g/mol. The minimum atomic E-state index is 0.690. The number of halogens is 1. The zero-order chi connectivity index (χ0) is 15.4. The molecule has 1 N–H and O–H groups in total. The van der Waals surface area contributed by atoms with Gasteiger partial charge >= 0.3 is 0 Å². The van der Waals surface area contributed by atoms with Crippen LogP contribution in [0.2, 0.25) is 5.02 Å². The Labute approximate surface area is 136 Å². The van der Waals surface area contributed by atoms with Crippen molar-refractivity contribution >= 4 is 28.9 Å². The fraction of sp³-hybridized carbons (Fsp3) is 0.412. The molecule has 1 fully saturated rings. The third kappa shape index (κ3) is 3.69. The number of para-hydroxylation sites is 1. The molecule has 0 unspecified atom stereocenters. The van der Waals surface area contributed by atoms with Crippen LogP contribution in [0.1, 0.15) is 31.5 Å². The molecule has 22 heavy (non-hydrogen) atoms. The predicted octanol–water partition coefficient (Wildman–Crippen LogP) is 4.56. The highest BCUT2D eigenvalue weighted by atomic mass is 35.5. The van der Waals surface area contributed by atoms with Crippen molar-refractivity contribution in [3.63, 3.8) is 0 Å². The van der Waals surface area contributed by atoms with Gasteiger partial charge in [-0.3, -0.25) is 0 Å². The molecule has 2 aromatic rings. The van der Waals surface area contributed by atoms with Crippen molar-refractivity contribution in [3.05, 3.63) is 41.2 Å². The topological polar surface area (TPSA) is 41.1 Å². The normalized spacial score (nSPS) is 15.5. The van der Waals surface area contributed by atoms with E-state index >= 15 is 0 Å². The van der Waals surface area contributed by atoms with Crippen LogP contribution in [-0.4, -0.2) is 23.1 Å². The second kappa shape index (κ2) is 6.97. The number of benzene rings is 1. The Hall–Kier alpha value is -1.81. The zero-order valence-electron chi connectivity index (χ0n) is 12.8. The summed E-state index contributed by atoms with van der Waals surface area (Å²) in [5.41, 5.74) is 0.865. The molecule has 1 aromatic heterocycles. The smallest absolute Gasteiger partial charge is 0.136 e. The van der Waals surface area contributed by atoms with Gasteiger partial charge in [-0.1, -0.05) is 36.6 Å². The first-order valence-electron chi connectivity index (χ1n) is 7.84. The van der Waals surface area contributed by atoms with Crippen LogP contribution in [0.5, 0.6) is 0 Å². The van der Waals surface area contributed by atoms with Crippen LogP contribution in [-0.2, 0) is 0 Å². The largest absolute Gasteiger partial charge is 0.356 e. The number of anilines is 3. The van der Waals surface area contributed by atoms with Crippen molar-refractivity contribution in [1.82, 2.24) is 9.97 Å². The molecule has 116 valence electrons. The van der Waals surface area contributed by atoms with E-state index in [0.717, 1.165) is 36.2 Å². The van der Waals surface area contributed by atoms with Crippen LogP contribution >= 0.6 is 11.6 Å². The molecule has 0 amide bonds. The van der Waals surface area contributed by atoms with Gasteiger partial charge in [0.2, 0.25) is 0 Å². The summed E-state index contributed by atoms with van der Waals surface area (Å²) in [5.74, 6) is 2.57. The second-order valence-corrected chi connectivity index (χ2v) is 6.07. The van der Waals surface area contributed by atoms with Gasteiger partial charge in [-0.25, -0.2) is 9.97 Å². The number of aryl methyl sites for hydroxylation is 1. The van der Waals surface area contributed by atoms with Gasteiger partial charge in [-0.15, -0.1) is 0 Å². The van der Waals surface area contributed by atoms with Crippen molar-refractivity contribution in [2.45, 2.75) is 32.6 Å². The maximum absolute atomic E-state index is 6.21. The Morgan fingerprint density at radius 3 is 2.50 bits per heavy atom. The molecule has 1 aliphatic rings. The lowest BCUT2D eigenvalue weighted by Gasteiger charge is -2.22. The van der Waals surface area contributed by atoms with Crippen LogP contribution in [0.15, 0.2) is 30.3 Å². The maximum atomic E-state index is 6.21. The highest BCUT2D eigenvalue weighted by Gasteiger charge is 2.13. The van der Waals surface area contributed by atoms with Crippen LogP contribution in [0, 0.1) is 6.92 Å². The number of nitrogens with zero attached hydrogens (tertiary/aromatic N) is 3. The Morgan fingerprint density at radius 2 is 1.77 bits per heavy atom.